The van der Waals surface area contributed by atoms with Gasteiger partial charge in [-0.1, -0.05) is 5.16 Å². The molecule has 1 N–H and O–H groups in total. The summed E-state index contributed by atoms with van der Waals surface area (Å²) in [6, 6.07) is 3.94. The minimum Gasteiger partial charge on any atom is -0.411 e. The van der Waals surface area contributed by atoms with Gasteiger partial charge in [0.15, 0.2) is 6.20 Å². The third kappa shape index (κ3) is 1.77. The third-order valence-corrected chi connectivity index (χ3v) is 1.53. The number of hydrogen-bond donors (Lipinski definition) is 1. The molecule has 3 heteroatoms. The summed E-state index contributed by atoms with van der Waals surface area (Å²) in [5.74, 6) is 0. The van der Waals surface area contributed by atoms with Crippen LogP contribution in [0.4, 0.5) is 0 Å². The van der Waals surface area contributed by atoms with E-state index in [2.05, 4.69) is 5.16 Å². The predicted molar refractivity (Wildman–Crippen MR) is 41.7 cm³/mol. The number of hydrogen-bond acceptors (Lipinski definition) is 2. The van der Waals surface area contributed by atoms with Crippen molar-refractivity contribution in [1.82, 2.24) is 0 Å². The Morgan fingerprint density at radius 1 is 1.64 bits per heavy atom. The monoisotopic (exact) mass is 151 g/mol. The molecule has 3 nitrogen and oxygen atoms in total. The lowest BCUT2D eigenvalue weighted by Crippen LogP contribution is -2.32. The Morgan fingerprint density at radius 3 is 3.00 bits per heavy atom. The Hall–Kier alpha value is -1.38. The molecule has 1 heterocycles. The van der Waals surface area contributed by atoms with Crippen molar-refractivity contribution in [2.24, 2.45) is 12.2 Å². The number of aromatic nitrogens is 1. The summed E-state index contributed by atoms with van der Waals surface area (Å²) in [6.07, 6.45) is 3.33. The molecule has 11 heavy (non-hydrogen) atoms. The second-order valence-electron chi connectivity index (χ2n) is 2.48. The lowest BCUT2D eigenvalue weighted by molar-refractivity contribution is -0.672. The summed E-state index contributed by atoms with van der Waals surface area (Å²) >= 11 is 0. The van der Waals surface area contributed by atoms with Crippen molar-refractivity contribution in [2.45, 2.75) is 6.92 Å². The zero-order chi connectivity index (χ0) is 8.27. The van der Waals surface area contributed by atoms with Crippen LogP contribution in [0.1, 0.15) is 11.3 Å². The topological polar surface area (TPSA) is 36.5 Å². The van der Waals surface area contributed by atoms with Gasteiger partial charge in [0.2, 0.25) is 5.69 Å². The Morgan fingerprint density at radius 2 is 2.36 bits per heavy atom. The van der Waals surface area contributed by atoms with E-state index in [-0.39, 0.29) is 0 Å². The van der Waals surface area contributed by atoms with E-state index in [1.807, 2.05) is 36.9 Å². The highest BCUT2D eigenvalue weighted by atomic mass is 16.4. The number of rotatable bonds is 1. The van der Waals surface area contributed by atoms with Crippen molar-refractivity contribution < 1.29 is 9.77 Å². The molecule has 0 aliphatic carbocycles. The Kier molecular flexibility index (Phi) is 2.21. The zero-order valence-corrected chi connectivity index (χ0v) is 6.65. The summed E-state index contributed by atoms with van der Waals surface area (Å²) in [5, 5.41) is 11.3. The van der Waals surface area contributed by atoms with Gasteiger partial charge in [0.05, 0.1) is 0 Å². The molecule has 1 aromatic rings. The molecule has 1 aromatic heterocycles. The van der Waals surface area contributed by atoms with Crippen LogP contribution in [0.25, 0.3) is 0 Å². The summed E-state index contributed by atoms with van der Waals surface area (Å²) in [5.41, 5.74) is 2.03. The van der Waals surface area contributed by atoms with Crippen LogP contribution in [0.3, 0.4) is 0 Å². The van der Waals surface area contributed by atoms with Gasteiger partial charge in [-0.2, -0.15) is 0 Å². The van der Waals surface area contributed by atoms with E-state index in [1.54, 1.807) is 0 Å². The minimum atomic E-state index is 0.882. The van der Waals surface area contributed by atoms with Crippen molar-refractivity contribution in [3.8, 4) is 0 Å². The van der Waals surface area contributed by atoms with Gasteiger partial charge >= 0.3 is 0 Å². The molecule has 0 amide bonds. The van der Waals surface area contributed by atoms with Gasteiger partial charge in [0.25, 0.3) is 0 Å². The second-order valence-corrected chi connectivity index (χ2v) is 2.48. The Bertz CT molecular complexity index is 281. The summed E-state index contributed by atoms with van der Waals surface area (Å²) in [6.45, 7) is 1.99. The second kappa shape index (κ2) is 3.14. The zero-order valence-electron chi connectivity index (χ0n) is 6.65. The first kappa shape index (κ1) is 7.72. The standard InChI is InChI=1S/C8H10N2O/c1-7-3-4-10(2)8(5-7)6-9-11/h3-6H,1-2H3/p+1. The summed E-state index contributed by atoms with van der Waals surface area (Å²) < 4.78 is 1.88. The highest BCUT2D eigenvalue weighted by Gasteiger charge is 2.01. The van der Waals surface area contributed by atoms with E-state index in [0.29, 0.717) is 0 Å². The lowest BCUT2D eigenvalue weighted by Gasteiger charge is -1.93. The Labute approximate surface area is 65.6 Å². The largest absolute Gasteiger partial charge is 0.411 e. The highest BCUT2D eigenvalue weighted by Crippen LogP contribution is 1.94. The first-order chi connectivity index (χ1) is 5.24. The molecular weight excluding hydrogens is 140 g/mol. The smallest absolute Gasteiger partial charge is 0.227 e. The average Bonchev–Trinajstić information content (AvgIpc) is 1.98. The molecule has 0 saturated heterocycles. The van der Waals surface area contributed by atoms with Gasteiger partial charge in [-0.15, -0.1) is 0 Å². The van der Waals surface area contributed by atoms with Crippen LogP contribution >= 0.6 is 0 Å². The molecule has 0 unspecified atom stereocenters. The van der Waals surface area contributed by atoms with E-state index in [4.69, 9.17) is 5.21 Å². The minimum absolute atomic E-state index is 0.882. The Balaban J connectivity index is 3.12. The van der Waals surface area contributed by atoms with Gasteiger partial charge in [-0.3, -0.25) is 0 Å². The van der Waals surface area contributed by atoms with E-state index in [0.717, 1.165) is 11.3 Å². The number of pyridine rings is 1. The first-order valence-corrected chi connectivity index (χ1v) is 3.38. The van der Waals surface area contributed by atoms with Crippen LogP contribution in [0.2, 0.25) is 0 Å². The van der Waals surface area contributed by atoms with Crippen LogP contribution in [-0.2, 0) is 7.05 Å². The first-order valence-electron chi connectivity index (χ1n) is 3.38. The van der Waals surface area contributed by atoms with Crippen LogP contribution < -0.4 is 4.57 Å². The van der Waals surface area contributed by atoms with Crippen molar-refractivity contribution >= 4 is 6.21 Å². The summed E-state index contributed by atoms with van der Waals surface area (Å²) in [4.78, 5) is 0. The lowest BCUT2D eigenvalue weighted by atomic mass is 10.2. The normalized spacial score (nSPS) is 10.7. The van der Waals surface area contributed by atoms with Crippen molar-refractivity contribution in [3.05, 3.63) is 29.6 Å². The molecule has 0 aliphatic heterocycles. The van der Waals surface area contributed by atoms with Crippen molar-refractivity contribution in [2.75, 3.05) is 0 Å². The molecule has 0 aliphatic rings. The van der Waals surface area contributed by atoms with Gasteiger partial charge in [-0.05, 0) is 12.5 Å². The van der Waals surface area contributed by atoms with E-state index >= 15 is 0 Å². The molecule has 1 rings (SSSR count). The fraction of sp³-hybridized carbons (Fsp3) is 0.250. The predicted octanol–water partition coefficient (Wildman–Crippen LogP) is 0.628. The SMILES string of the molecule is Cc1cc[n+](C)c(C=NO)c1. The maximum atomic E-state index is 8.29. The highest BCUT2D eigenvalue weighted by molar-refractivity contribution is 5.74. The molecular formula is C8H11N2O+. The van der Waals surface area contributed by atoms with E-state index in [1.165, 1.54) is 6.21 Å². The fourth-order valence-corrected chi connectivity index (χ4v) is 0.886. The number of oxime groups is 1. The molecule has 0 spiro atoms. The number of nitrogens with zero attached hydrogens (tertiary/aromatic N) is 2. The third-order valence-electron chi connectivity index (χ3n) is 1.53. The van der Waals surface area contributed by atoms with Crippen molar-refractivity contribution in [3.63, 3.8) is 0 Å². The van der Waals surface area contributed by atoms with Crippen LogP contribution in [0, 0.1) is 6.92 Å². The maximum Gasteiger partial charge on any atom is 0.227 e. The number of aryl methyl sites for hydroxylation is 2. The van der Waals surface area contributed by atoms with Crippen LogP contribution in [0.15, 0.2) is 23.5 Å². The van der Waals surface area contributed by atoms with E-state index < -0.39 is 0 Å². The molecule has 0 atom stereocenters. The van der Waals surface area contributed by atoms with Gasteiger partial charge in [0, 0.05) is 12.1 Å². The molecule has 0 fully saturated rings. The van der Waals surface area contributed by atoms with Gasteiger partial charge in [0.1, 0.15) is 13.3 Å². The summed E-state index contributed by atoms with van der Waals surface area (Å²) in [7, 11) is 1.90. The molecule has 58 valence electrons. The van der Waals surface area contributed by atoms with Gasteiger partial charge in [-0.25, -0.2) is 4.57 Å². The average molecular weight is 151 g/mol. The van der Waals surface area contributed by atoms with E-state index in [9.17, 15) is 0 Å². The van der Waals surface area contributed by atoms with Gasteiger partial charge < -0.3 is 5.21 Å². The fourth-order valence-electron chi connectivity index (χ4n) is 0.886. The quantitative estimate of drug-likeness (QED) is 0.272. The van der Waals surface area contributed by atoms with Crippen LogP contribution in [-0.4, -0.2) is 11.4 Å². The van der Waals surface area contributed by atoms with Crippen LogP contribution in [0.5, 0.6) is 0 Å². The maximum absolute atomic E-state index is 8.29. The molecule has 0 bridgehead atoms. The molecule has 0 aromatic carbocycles. The van der Waals surface area contributed by atoms with Crippen molar-refractivity contribution in [1.29, 1.82) is 0 Å². The molecule has 0 saturated carbocycles. The molecule has 0 radical (unpaired) electrons.